The van der Waals surface area contributed by atoms with Crippen LogP contribution in [0.2, 0.25) is 0 Å². The third-order valence-corrected chi connectivity index (χ3v) is 4.54. The van der Waals surface area contributed by atoms with Crippen molar-refractivity contribution < 1.29 is 19.0 Å². The van der Waals surface area contributed by atoms with Gasteiger partial charge in [-0.3, -0.25) is 14.9 Å². The topological polar surface area (TPSA) is 101 Å². The first-order chi connectivity index (χ1) is 9.02. The van der Waals surface area contributed by atoms with Crippen LogP contribution in [0.4, 0.5) is 5.69 Å². The molecular formula is C11H12N2O5S. The summed E-state index contributed by atoms with van der Waals surface area (Å²) in [5, 5.41) is 19.9. The number of para-hydroxylation sites is 1. The van der Waals surface area contributed by atoms with Gasteiger partial charge in [-0.05, 0) is 18.9 Å². The maximum atomic E-state index is 12.4. The van der Waals surface area contributed by atoms with Gasteiger partial charge in [0, 0.05) is 12.6 Å². The summed E-state index contributed by atoms with van der Waals surface area (Å²) in [7, 11) is -1.83. The largest absolute Gasteiger partial charge is 0.480 e. The van der Waals surface area contributed by atoms with Gasteiger partial charge in [-0.1, -0.05) is 12.1 Å². The molecule has 7 nitrogen and oxygen atoms in total. The van der Waals surface area contributed by atoms with Gasteiger partial charge in [0.25, 0.3) is 5.69 Å². The van der Waals surface area contributed by atoms with E-state index < -0.39 is 27.9 Å². The summed E-state index contributed by atoms with van der Waals surface area (Å²) in [6.07, 6.45) is 1.02. The van der Waals surface area contributed by atoms with Crippen LogP contribution in [-0.2, 0) is 15.8 Å². The smallest absolute Gasteiger partial charge is 0.321 e. The summed E-state index contributed by atoms with van der Waals surface area (Å²) in [6, 6.07) is 4.84. The van der Waals surface area contributed by atoms with Crippen molar-refractivity contribution in [1.82, 2.24) is 4.31 Å². The first-order valence-electron chi connectivity index (χ1n) is 5.67. The predicted molar refractivity (Wildman–Crippen MR) is 66.9 cm³/mol. The lowest BCUT2D eigenvalue weighted by molar-refractivity contribution is -0.387. The van der Waals surface area contributed by atoms with Gasteiger partial charge in [0.1, 0.15) is 21.9 Å². The third-order valence-electron chi connectivity index (χ3n) is 2.95. The highest BCUT2D eigenvalue weighted by Gasteiger charge is 2.36. The van der Waals surface area contributed by atoms with Crippen LogP contribution in [0.1, 0.15) is 12.8 Å². The lowest BCUT2D eigenvalue weighted by atomic mass is 10.2. The van der Waals surface area contributed by atoms with Crippen LogP contribution < -0.4 is 0 Å². The Hall–Kier alpha value is -1.80. The van der Waals surface area contributed by atoms with E-state index in [1.807, 2.05) is 0 Å². The minimum Gasteiger partial charge on any atom is -0.480 e. The number of hydrogen-bond donors (Lipinski definition) is 1. The Labute approximate surface area is 111 Å². The molecule has 19 heavy (non-hydrogen) atoms. The Morgan fingerprint density at radius 3 is 2.79 bits per heavy atom. The zero-order chi connectivity index (χ0) is 14.0. The van der Waals surface area contributed by atoms with Crippen LogP contribution in [0.3, 0.4) is 0 Å². The van der Waals surface area contributed by atoms with E-state index in [4.69, 9.17) is 5.11 Å². The van der Waals surface area contributed by atoms with Crippen molar-refractivity contribution in [1.29, 1.82) is 0 Å². The molecule has 0 radical (unpaired) electrons. The van der Waals surface area contributed by atoms with Gasteiger partial charge in [0.15, 0.2) is 0 Å². The third kappa shape index (κ3) is 2.64. The molecule has 0 spiro atoms. The second kappa shape index (κ2) is 5.45. The Kier molecular flexibility index (Phi) is 3.91. The standard InChI is InChI=1S/C11H12N2O5S/c14-11(15)9-5-3-7-12(9)19(18)10-6-2-1-4-8(10)13(16)17/h1-2,4,6,9H,3,5,7H2,(H,14,15). The maximum absolute atomic E-state index is 12.4. The quantitative estimate of drug-likeness (QED) is 0.660. The highest BCUT2D eigenvalue weighted by molar-refractivity contribution is 7.82. The van der Waals surface area contributed by atoms with Crippen LogP contribution in [-0.4, -0.2) is 37.1 Å². The molecule has 1 aromatic rings. The number of rotatable bonds is 4. The molecule has 8 heteroatoms. The van der Waals surface area contributed by atoms with Gasteiger partial charge < -0.3 is 5.11 Å². The van der Waals surface area contributed by atoms with E-state index in [0.717, 1.165) is 0 Å². The summed E-state index contributed by atoms with van der Waals surface area (Å²) in [6.45, 7) is 0.357. The predicted octanol–water partition coefficient (Wildman–Crippen LogP) is 1.17. The van der Waals surface area contributed by atoms with Gasteiger partial charge in [0.2, 0.25) is 0 Å². The minimum absolute atomic E-state index is 0.0423. The van der Waals surface area contributed by atoms with Crippen molar-refractivity contribution in [3.63, 3.8) is 0 Å². The monoisotopic (exact) mass is 284 g/mol. The number of carbonyl (C=O) groups is 1. The van der Waals surface area contributed by atoms with Gasteiger partial charge in [0.05, 0.1) is 4.92 Å². The molecular weight excluding hydrogens is 272 g/mol. The second-order valence-corrected chi connectivity index (χ2v) is 5.52. The van der Waals surface area contributed by atoms with E-state index >= 15 is 0 Å². The zero-order valence-corrected chi connectivity index (χ0v) is 10.7. The highest BCUT2D eigenvalue weighted by atomic mass is 32.2. The number of carboxylic acids is 1. The number of nitrogens with zero attached hydrogens (tertiary/aromatic N) is 2. The van der Waals surface area contributed by atoms with Crippen LogP contribution in [0.25, 0.3) is 0 Å². The van der Waals surface area contributed by atoms with Gasteiger partial charge in [-0.25, -0.2) is 8.51 Å². The number of benzene rings is 1. The van der Waals surface area contributed by atoms with Gasteiger partial charge in [-0.15, -0.1) is 0 Å². The average molecular weight is 284 g/mol. The molecule has 2 atom stereocenters. The molecule has 0 aliphatic carbocycles. The molecule has 0 amide bonds. The van der Waals surface area contributed by atoms with Crippen LogP contribution in [0.15, 0.2) is 29.2 Å². The zero-order valence-electron chi connectivity index (χ0n) is 9.89. The van der Waals surface area contributed by atoms with E-state index in [-0.39, 0.29) is 10.6 Å². The average Bonchev–Trinajstić information content (AvgIpc) is 2.87. The van der Waals surface area contributed by atoms with Crippen LogP contribution >= 0.6 is 0 Å². The molecule has 1 aromatic carbocycles. The van der Waals surface area contributed by atoms with E-state index in [1.54, 1.807) is 6.07 Å². The summed E-state index contributed by atoms with van der Waals surface area (Å²) in [5.74, 6) is -1.05. The Bertz CT molecular complexity index is 548. The number of hydrogen-bond acceptors (Lipinski definition) is 4. The molecule has 1 aliphatic heterocycles. The minimum atomic E-state index is -1.83. The summed E-state index contributed by atoms with van der Waals surface area (Å²) in [5.41, 5.74) is -0.253. The van der Waals surface area contributed by atoms with Gasteiger partial charge >= 0.3 is 5.97 Å². The number of nitro benzene ring substituents is 1. The number of aliphatic carboxylic acids is 1. The second-order valence-electron chi connectivity index (χ2n) is 4.11. The molecule has 1 aliphatic rings. The van der Waals surface area contributed by atoms with E-state index in [1.165, 1.54) is 22.5 Å². The van der Waals surface area contributed by atoms with Crippen molar-refractivity contribution in [2.45, 2.75) is 23.8 Å². The van der Waals surface area contributed by atoms with Crippen molar-refractivity contribution in [3.05, 3.63) is 34.4 Å². The number of nitro groups is 1. The summed E-state index contributed by atoms with van der Waals surface area (Å²) >= 11 is 0. The first-order valence-corrected chi connectivity index (χ1v) is 6.78. The molecule has 2 unspecified atom stereocenters. The highest BCUT2D eigenvalue weighted by Crippen LogP contribution is 2.28. The maximum Gasteiger partial charge on any atom is 0.321 e. The molecule has 2 rings (SSSR count). The van der Waals surface area contributed by atoms with Gasteiger partial charge in [-0.2, -0.15) is 0 Å². The molecule has 0 bridgehead atoms. The lowest BCUT2D eigenvalue weighted by Gasteiger charge is -2.19. The number of carboxylic acid groups (broad SMARTS) is 1. The normalized spacial score (nSPS) is 21.2. The molecule has 0 saturated carbocycles. The fourth-order valence-corrected chi connectivity index (χ4v) is 3.56. The Morgan fingerprint density at radius 2 is 2.16 bits per heavy atom. The summed E-state index contributed by atoms with van der Waals surface area (Å²) < 4.78 is 13.7. The molecule has 102 valence electrons. The Balaban J connectivity index is 2.34. The molecule has 1 heterocycles. The van der Waals surface area contributed by atoms with E-state index in [0.29, 0.717) is 19.4 Å². The van der Waals surface area contributed by atoms with Crippen molar-refractivity contribution >= 4 is 22.6 Å². The van der Waals surface area contributed by atoms with Crippen molar-refractivity contribution in [2.75, 3.05) is 6.54 Å². The van der Waals surface area contributed by atoms with Crippen molar-refractivity contribution in [2.24, 2.45) is 0 Å². The van der Waals surface area contributed by atoms with E-state index in [9.17, 15) is 19.1 Å². The Morgan fingerprint density at radius 1 is 1.47 bits per heavy atom. The first kappa shape index (κ1) is 13.6. The lowest BCUT2D eigenvalue weighted by Crippen LogP contribution is -2.37. The SMILES string of the molecule is O=C(O)C1CCCN1S(=O)c1ccccc1[N+](=O)[O-]. The molecule has 1 saturated heterocycles. The van der Waals surface area contributed by atoms with E-state index in [2.05, 4.69) is 0 Å². The van der Waals surface area contributed by atoms with Crippen LogP contribution in [0, 0.1) is 10.1 Å². The fourth-order valence-electron chi connectivity index (χ4n) is 2.07. The summed E-state index contributed by atoms with van der Waals surface area (Å²) in [4.78, 5) is 21.4. The van der Waals surface area contributed by atoms with Crippen LogP contribution in [0.5, 0.6) is 0 Å². The molecule has 1 N–H and O–H groups in total. The fraction of sp³-hybridized carbons (Fsp3) is 0.364. The molecule has 1 fully saturated rings. The van der Waals surface area contributed by atoms with Crippen molar-refractivity contribution in [3.8, 4) is 0 Å². The molecule has 0 aromatic heterocycles.